The molecule has 1 aromatic rings. The molecule has 0 aliphatic carbocycles. The highest BCUT2D eigenvalue weighted by Crippen LogP contribution is 2.29. The van der Waals surface area contributed by atoms with Gasteiger partial charge in [0.2, 0.25) is 0 Å². The lowest BCUT2D eigenvalue weighted by Crippen LogP contribution is -2.38. The van der Waals surface area contributed by atoms with Gasteiger partial charge >= 0.3 is 12.2 Å². The van der Waals surface area contributed by atoms with Crippen molar-refractivity contribution in [1.29, 1.82) is 0 Å². The Hall–Kier alpha value is -1.76. The lowest BCUT2D eigenvalue weighted by molar-refractivity contribution is -0.137. The number of benzene rings is 1. The molecule has 0 radical (unpaired) electrons. The largest absolute Gasteiger partial charge is 0.416 e. The number of amides is 2. The fourth-order valence-electron chi connectivity index (χ4n) is 1.67. The minimum atomic E-state index is -4.38. The molecule has 1 unspecified atom stereocenters. The Bertz CT molecular complexity index is 431. The number of carbonyl (C=O) groups is 1. The van der Waals surface area contributed by atoms with E-state index in [0.29, 0.717) is 18.7 Å². The summed E-state index contributed by atoms with van der Waals surface area (Å²) in [4.78, 5) is 11.7. The van der Waals surface area contributed by atoms with E-state index in [1.807, 2.05) is 6.92 Å². The van der Waals surface area contributed by atoms with Crippen LogP contribution in [-0.2, 0) is 6.18 Å². The van der Waals surface area contributed by atoms with Gasteiger partial charge in [-0.1, -0.05) is 6.92 Å². The van der Waals surface area contributed by atoms with Crippen LogP contribution in [0.5, 0.6) is 0 Å². The molecule has 0 aliphatic rings. The maximum absolute atomic E-state index is 12.4. The number of urea groups is 1. The number of alkyl halides is 3. The second-order valence-electron chi connectivity index (χ2n) is 4.36. The summed E-state index contributed by atoms with van der Waals surface area (Å²) in [5.74, 6) is 0. The van der Waals surface area contributed by atoms with E-state index in [4.69, 9.17) is 5.73 Å². The van der Waals surface area contributed by atoms with Crippen molar-refractivity contribution < 1.29 is 18.0 Å². The van der Waals surface area contributed by atoms with Gasteiger partial charge < -0.3 is 16.4 Å². The molecular formula is C13H18F3N3O. The van der Waals surface area contributed by atoms with Gasteiger partial charge in [-0.15, -0.1) is 0 Å². The van der Waals surface area contributed by atoms with Crippen molar-refractivity contribution in [2.24, 2.45) is 5.73 Å². The normalized spacial score (nSPS) is 12.8. The fraction of sp³-hybridized carbons (Fsp3) is 0.462. The van der Waals surface area contributed by atoms with Crippen LogP contribution >= 0.6 is 0 Å². The summed E-state index contributed by atoms with van der Waals surface area (Å²) in [5, 5.41) is 5.19. The molecule has 4 nitrogen and oxygen atoms in total. The zero-order valence-electron chi connectivity index (χ0n) is 11.1. The molecule has 0 heterocycles. The standard InChI is InChI=1S/C13H18F3N3O/c1-2-10(7-8-17)18-12(20)19-11-5-3-9(4-6-11)13(14,15)16/h3-6,10H,2,7-8,17H2,1H3,(H2,18,19,20). The van der Waals surface area contributed by atoms with E-state index in [0.717, 1.165) is 18.6 Å². The molecule has 1 atom stereocenters. The van der Waals surface area contributed by atoms with Crippen LogP contribution in [0.4, 0.5) is 23.7 Å². The van der Waals surface area contributed by atoms with E-state index in [-0.39, 0.29) is 6.04 Å². The average molecular weight is 289 g/mol. The van der Waals surface area contributed by atoms with Gasteiger partial charge in [-0.3, -0.25) is 0 Å². The molecule has 0 bridgehead atoms. The van der Waals surface area contributed by atoms with Crippen molar-refractivity contribution in [2.75, 3.05) is 11.9 Å². The van der Waals surface area contributed by atoms with E-state index in [1.54, 1.807) is 0 Å². The van der Waals surface area contributed by atoms with Crippen molar-refractivity contribution in [1.82, 2.24) is 5.32 Å². The van der Waals surface area contributed by atoms with E-state index < -0.39 is 17.8 Å². The van der Waals surface area contributed by atoms with Crippen LogP contribution in [0, 0.1) is 0 Å². The van der Waals surface area contributed by atoms with Crippen LogP contribution in [0.1, 0.15) is 25.3 Å². The number of anilines is 1. The van der Waals surface area contributed by atoms with Gasteiger partial charge in [-0.2, -0.15) is 13.2 Å². The van der Waals surface area contributed by atoms with E-state index in [2.05, 4.69) is 10.6 Å². The maximum atomic E-state index is 12.4. The van der Waals surface area contributed by atoms with Gasteiger partial charge in [0.1, 0.15) is 0 Å². The Balaban J connectivity index is 2.58. The fourth-order valence-corrected chi connectivity index (χ4v) is 1.67. The van der Waals surface area contributed by atoms with E-state index in [1.165, 1.54) is 12.1 Å². The first-order valence-corrected chi connectivity index (χ1v) is 6.31. The topological polar surface area (TPSA) is 67.1 Å². The lowest BCUT2D eigenvalue weighted by Gasteiger charge is -2.16. The lowest BCUT2D eigenvalue weighted by atomic mass is 10.1. The third-order valence-corrected chi connectivity index (χ3v) is 2.81. The van der Waals surface area contributed by atoms with Crippen LogP contribution in [0.2, 0.25) is 0 Å². The molecule has 0 saturated heterocycles. The van der Waals surface area contributed by atoms with E-state index in [9.17, 15) is 18.0 Å². The summed E-state index contributed by atoms with van der Waals surface area (Å²) in [5.41, 5.74) is 4.96. The molecule has 20 heavy (non-hydrogen) atoms. The molecule has 0 spiro atoms. The van der Waals surface area contributed by atoms with Gasteiger partial charge in [0, 0.05) is 11.7 Å². The number of nitrogens with two attached hydrogens (primary N) is 1. The van der Waals surface area contributed by atoms with Crippen LogP contribution in [-0.4, -0.2) is 18.6 Å². The van der Waals surface area contributed by atoms with Crippen LogP contribution in [0.3, 0.4) is 0 Å². The van der Waals surface area contributed by atoms with Gasteiger partial charge in [0.15, 0.2) is 0 Å². The van der Waals surface area contributed by atoms with Crippen LogP contribution in [0.25, 0.3) is 0 Å². The monoisotopic (exact) mass is 289 g/mol. The van der Waals surface area contributed by atoms with Crippen molar-refractivity contribution >= 4 is 11.7 Å². The minimum absolute atomic E-state index is 0.0468. The third-order valence-electron chi connectivity index (χ3n) is 2.81. The predicted octanol–water partition coefficient (Wildman–Crippen LogP) is 2.95. The molecule has 0 aromatic heterocycles. The Kier molecular flexibility index (Phi) is 5.82. The number of halogens is 3. The number of carbonyl (C=O) groups excluding carboxylic acids is 1. The number of nitrogens with one attached hydrogen (secondary N) is 2. The highest BCUT2D eigenvalue weighted by atomic mass is 19.4. The number of hydrogen-bond donors (Lipinski definition) is 3. The molecule has 2 amide bonds. The highest BCUT2D eigenvalue weighted by Gasteiger charge is 2.29. The Morgan fingerprint density at radius 2 is 1.90 bits per heavy atom. The first kappa shape index (κ1) is 16.3. The third kappa shape index (κ3) is 5.08. The first-order valence-electron chi connectivity index (χ1n) is 6.31. The van der Waals surface area contributed by atoms with Crippen LogP contribution < -0.4 is 16.4 Å². The Morgan fingerprint density at radius 1 is 1.30 bits per heavy atom. The van der Waals surface area contributed by atoms with Crippen molar-refractivity contribution in [3.63, 3.8) is 0 Å². The summed E-state index contributed by atoms with van der Waals surface area (Å²) in [6.45, 7) is 2.37. The van der Waals surface area contributed by atoms with Crippen LogP contribution in [0.15, 0.2) is 24.3 Å². The van der Waals surface area contributed by atoms with Gasteiger partial charge in [-0.25, -0.2) is 4.79 Å². The molecule has 0 aliphatic heterocycles. The summed E-state index contributed by atoms with van der Waals surface area (Å²) in [6, 6.07) is 3.78. The van der Waals surface area contributed by atoms with Gasteiger partial charge in [0.25, 0.3) is 0 Å². The second-order valence-corrected chi connectivity index (χ2v) is 4.36. The molecule has 0 fully saturated rings. The second kappa shape index (κ2) is 7.14. The molecular weight excluding hydrogens is 271 g/mol. The quantitative estimate of drug-likeness (QED) is 0.780. The maximum Gasteiger partial charge on any atom is 0.416 e. The minimum Gasteiger partial charge on any atom is -0.335 e. The Morgan fingerprint density at radius 3 is 2.35 bits per heavy atom. The van der Waals surface area contributed by atoms with Gasteiger partial charge in [-0.05, 0) is 43.7 Å². The highest BCUT2D eigenvalue weighted by molar-refractivity contribution is 5.89. The molecule has 4 N–H and O–H groups in total. The Labute approximate surface area is 115 Å². The van der Waals surface area contributed by atoms with E-state index >= 15 is 0 Å². The SMILES string of the molecule is CCC(CCN)NC(=O)Nc1ccc(C(F)(F)F)cc1. The molecule has 7 heteroatoms. The van der Waals surface area contributed by atoms with Crippen molar-refractivity contribution in [3.8, 4) is 0 Å². The molecule has 1 rings (SSSR count). The molecule has 0 saturated carbocycles. The smallest absolute Gasteiger partial charge is 0.335 e. The first-order chi connectivity index (χ1) is 9.36. The van der Waals surface area contributed by atoms with Gasteiger partial charge in [0.05, 0.1) is 5.56 Å². The zero-order chi connectivity index (χ0) is 15.2. The summed E-state index contributed by atoms with van der Waals surface area (Å²) in [6.07, 6.45) is -3.00. The molecule has 1 aromatic carbocycles. The summed E-state index contributed by atoms with van der Waals surface area (Å²) < 4.78 is 37.1. The molecule has 112 valence electrons. The number of rotatable bonds is 5. The summed E-state index contributed by atoms with van der Waals surface area (Å²) in [7, 11) is 0. The van der Waals surface area contributed by atoms with Crippen molar-refractivity contribution in [2.45, 2.75) is 32.0 Å². The van der Waals surface area contributed by atoms with Crippen molar-refractivity contribution in [3.05, 3.63) is 29.8 Å². The number of hydrogen-bond acceptors (Lipinski definition) is 2. The zero-order valence-corrected chi connectivity index (χ0v) is 11.1. The predicted molar refractivity (Wildman–Crippen MR) is 71.3 cm³/mol. The average Bonchev–Trinajstić information content (AvgIpc) is 2.37. The summed E-state index contributed by atoms with van der Waals surface area (Å²) >= 11 is 0.